The fourth-order valence-electron chi connectivity index (χ4n) is 4.21. The lowest BCUT2D eigenvalue weighted by atomic mass is 9.77. The van der Waals surface area contributed by atoms with Gasteiger partial charge < -0.3 is 15.2 Å². The van der Waals surface area contributed by atoms with E-state index in [9.17, 15) is 14.4 Å². The number of thioether (sulfide) groups is 1. The van der Waals surface area contributed by atoms with E-state index in [0.29, 0.717) is 22.7 Å². The molecule has 8 heteroatoms. The van der Waals surface area contributed by atoms with Gasteiger partial charge in [-0.15, -0.1) is 0 Å². The van der Waals surface area contributed by atoms with Gasteiger partial charge >= 0.3 is 5.97 Å². The maximum absolute atomic E-state index is 13.5. The molecule has 0 unspecified atom stereocenters. The summed E-state index contributed by atoms with van der Waals surface area (Å²) in [5, 5.41) is -0.481. The Bertz CT molecular complexity index is 1110. The van der Waals surface area contributed by atoms with E-state index in [4.69, 9.17) is 15.2 Å². The number of hydrogen-bond acceptors (Lipinski definition) is 7. The minimum Gasteiger partial charge on any atom is -0.497 e. The summed E-state index contributed by atoms with van der Waals surface area (Å²) in [7, 11) is 1.52. The highest BCUT2D eigenvalue weighted by molar-refractivity contribution is 8.04. The van der Waals surface area contributed by atoms with Gasteiger partial charge in [0.25, 0.3) is 0 Å². The van der Waals surface area contributed by atoms with Gasteiger partial charge in [0.05, 0.1) is 29.3 Å². The maximum Gasteiger partial charge on any atom is 0.342 e. The molecule has 0 saturated carbocycles. The van der Waals surface area contributed by atoms with Crippen molar-refractivity contribution in [3.8, 4) is 11.5 Å². The molecule has 3 aliphatic rings. The first-order valence-corrected chi connectivity index (χ1v) is 9.88. The number of esters is 1. The first-order valence-electron chi connectivity index (χ1n) is 9.00. The van der Waals surface area contributed by atoms with E-state index >= 15 is 0 Å². The molecule has 5 rings (SSSR count). The molecule has 3 atom stereocenters. The lowest BCUT2D eigenvalue weighted by molar-refractivity contribution is -0.131. The lowest BCUT2D eigenvalue weighted by Crippen LogP contribution is -2.39. The third-order valence-corrected chi connectivity index (χ3v) is 6.70. The van der Waals surface area contributed by atoms with Crippen molar-refractivity contribution in [2.45, 2.75) is 11.2 Å². The molecule has 2 N–H and O–H groups in total. The molecule has 7 nitrogen and oxygen atoms in total. The molecule has 0 aromatic heterocycles. The number of hydrogen-bond donors (Lipinski definition) is 1. The van der Waals surface area contributed by atoms with Crippen molar-refractivity contribution in [1.82, 2.24) is 0 Å². The molecule has 2 aromatic rings. The van der Waals surface area contributed by atoms with Crippen LogP contribution >= 0.6 is 11.8 Å². The van der Waals surface area contributed by atoms with Gasteiger partial charge in [-0.2, -0.15) is 0 Å². The molecule has 0 radical (unpaired) electrons. The Balaban J connectivity index is 1.64. The first kappa shape index (κ1) is 17.8. The Morgan fingerprint density at radius 1 is 1.07 bits per heavy atom. The van der Waals surface area contributed by atoms with E-state index in [1.807, 2.05) is 6.07 Å². The average Bonchev–Trinajstić information content (AvgIpc) is 2.97. The van der Waals surface area contributed by atoms with E-state index in [0.717, 1.165) is 11.8 Å². The number of nitrogens with two attached hydrogens (primary N) is 1. The van der Waals surface area contributed by atoms with E-state index < -0.39 is 23.1 Å². The average molecular weight is 408 g/mol. The summed E-state index contributed by atoms with van der Waals surface area (Å²) in [6.07, 6.45) is 0. The normalized spacial score (nSPS) is 25.3. The van der Waals surface area contributed by atoms with Crippen LogP contribution < -0.4 is 20.1 Å². The second-order valence-corrected chi connectivity index (χ2v) is 8.14. The van der Waals surface area contributed by atoms with Gasteiger partial charge in [0, 0.05) is 17.5 Å². The molecule has 146 valence electrons. The number of benzene rings is 2. The minimum atomic E-state index is -0.741. The van der Waals surface area contributed by atoms with Crippen LogP contribution in [-0.2, 0) is 14.4 Å². The van der Waals surface area contributed by atoms with Gasteiger partial charge in [-0.05, 0) is 18.2 Å². The van der Waals surface area contributed by atoms with Crippen LogP contribution in [0.1, 0.15) is 11.5 Å². The molecule has 0 aliphatic carbocycles. The summed E-state index contributed by atoms with van der Waals surface area (Å²) in [6.45, 7) is 0. The lowest BCUT2D eigenvalue weighted by Gasteiger charge is -2.36. The zero-order valence-electron chi connectivity index (χ0n) is 15.3. The van der Waals surface area contributed by atoms with E-state index in [2.05, 4.69) is 0 Å². The van der Waals surface area contributed by atoms with Crippen LogP contribution in [0.4, 0.5) is 5.69 Å². The van der Waals surface area contributed by atoms with Gasteiger partial charge in [0.1, 0.15) is 16.7 Å². The van der Waals surface area contributed by atoms with Crippen LogP contribution in [0.25, 0.3) is 0 Å². The van der Waals surface area contributed by atoms with Crippen LogP contribution in [0.5, 0.6) is 11.5 Å². The fraction of sp³-hybridized carbons (Fsp3) is 0.190. The van der Waals surface area contributed by atoms with E-state index in [1.54, 1.807) is 42.5 Å². The highest BCUT2D eigenvalue weighted by Gasteiger charge is 2.58. The molecule has 3 aliphatic heterocycles. The molecule has 0 bridgehead atoms. The number of nitrogens with zero attached hydrogens (tertiary/aromatic N) is 1. The van der Waals surface area contributed by atoms with Crippen molar-refractivity contribution in [3.05, 3.63) is 64.7 Å². The van der Waals surface area contributed by atoms with Crippen LogP contribution in [-0.4, -0.2) is 30.1 Å². The number of carbonyl (C=O) groups excluding carboxylic acids is 3. The molecular formula is C21H16N2O5S. The van der Waals surface area contributed by atoms with Gasteiger partial charge in [-0.3, -0.25) is 9.59 Å². The van der Waals surface area contributed by atoms with Crippen molar-refractivity contribution in [2.75, 3.05) is 12.0 Å². The number of amides is 2. The minimum absolute atomic E-state index is 0.226. The van der Waals surface area contributed by atoms with Crippen LogP contribution in [0, 0.1) is 5.92 Å². The molecule has 2 amide bonds. The summed E-state index contributed by atoms with van der Waals surface area (Å²) < 4.78 is 10.6. The van der Waals surface area contributed by atoms with E-state index in [1.165, 1.54) is 12.0 Å². The molecule has 1 fully saturated rings. The Labute approximate surface area is 170 Å². The third-order valence-electron chi connectivity index (χ3n) is 5.47. The maximum atomic E-state index is 13.5. The predicted octanol–water partition coefficient (Wildman–Crippen LogP) is 2.17. The Morgan fingerprint density at radius 3 is 2.66 bits per heavy atom. The van der Waals surface area contributed by atoms with Gasteiger partial charge in [0.2, 0.25) is 11.8 Å². The SMILES string of the molecule is COc1cccc(N2C(=O)[C@H]3[C@H](SC(N)=C4C(=O)Oc5ccccc5[C@@H]43)C2=O)c1. The van der Waals surface area contributed by atoms with Gasteiger partial charge in [-0.1, -0.05) is 36.0 Å². The Morgan fingerprint density at radius 2 is 1.86 bits per heavy atom. The summed E-state index contributed by atoms with van der Waals surface area (Å²) in [5.41, 5.74) is 7.54. The molecule has 29 heavy (non-hydrogen) atoms. The topological polar surface area (TPSA) is 98.9 Å². The molecule has 2 aromatic carbocycles. The van der Waals surface area contributed by atoms with Gasteiger partial charge in [-0.25, -0.2) is 9.69 Å². The van der Waals surface area contributed by atoms with Crippen LogP contribution in [0.15, 0.2) is 59.1 Å². The smallest absolute Gasteiger partial charge is 0.342 e. The first-order chi connectivity index (χ1) is 14.0. The monoisotopic (exact) mass is 408 g/mol. The second kappa shape index (κ2) is 6.38. The highest BCUT2D eigenvalue weighted by Crippen LogP contribution is 2.54. The highest BCUT2D eigenvalue weighted by atomic mass is 32.2. The van der Waals surface area contributed by atoms with Crippen molar-refractivity contribution < 1.29 is 23.9 Å². The zero-order chi connectivity index (χ0) is 20.3. The van der Waals surface area contributed by atoms with Crippen LogP contribution in [0.3, 0.4) is 0 Å². The number of imide groups is 1. The number of anilines is 1. The van der Waals surface area contributed by atoms with Crippen molar-refractivity contribution in [2.24, 2.45) is 11.7 Å². The van der Waals surface area contributed by atoms with E-state index in [-0.39, 0.29) is 22.4 Å². The van der Waals surface area contributed by atoms with Gasteiger partial charge in [0.15, 0.2) is 0 Å². The summed E-state index contributed by atoms with van der Waals surface area (Å²) >= 11 is 1.05. The number of para-hydroxylation sites is 1. The van der Waals surface area contributed by atoms with Crippen molar-refractivity contribution >= 4 is 35.2 Å². The molecular weight excluding hydrogens is 392 g/mol. The standard InChI is InChI=1S/C21H16N2O5S/c1-27-11-6-4-5-10(9-11)23-19(24)15-14-12-7-2-3-8-13(12)28-21(26)16(14)18(22)29-17(15)20(23)25/h2-9,14-15,17H,22H2,1H3/t14-,15-,17+/m1/s1. The largest absolute Gasteiger partial charge is 0.497 e. The fourth-order valence-corrected chi connectivity index (χ4v) is 5.45. The number of fused-ring (bicyclic) bond motifs is 5. The number of rotatable bonds is 2. The van der Waals surface area contributed by atoms with Crippen molar-refractivity contribution in [3.63, 3.8) is 0 Å². The third kappa shape index (κ3) is 2.49. The summed E-state index contributed by atoms with van der Waals surface area (Å²) in [5.74, 6) is -1.71. The van der Waals surface area contributed by atoms with Crippen molar-refractivity contribution in [1.29, 1.82) is 0 Å². The number of ether oxygens (including phenoxy) is 2. The van der Waals surface area contributed by atoms with Crippen LogP contribution in [0.2, 0.25) is 0 Å². The second-order valence-electron chi connectivity index (χ2n) is 6.96. The zero-order valence-corrected chi connectivity index (χ0v) is 16.1. The number of carbonyl (C=O) groups is 3. The molecule has 1 saturated heterocycles. The quantitative estimate of drug-likeness (QED) is 0.462. The Hall–Kier alpha value is -3.26. The Kier molecular flexibility index (Phi) is 3.92. The summed E-state index contributed by atoms with van der Waals surface area (Å²) in [6, 6.07) is 13.8. The molecule has 3 heterocycles. The predicted molar refractivity (Wildman–Crippen MR) is 106 cm³/mol. The number of methoxy groups -OCH3 is 1. The molecule has 0 spiro atoms. The summed E-state index contributed by atoms with van der Waals surface area (Å²) in [4.78, 5) is 40.5.